The van der Waals surface area contributed by atoms with E-state index in [2.05, 4.69) is 15.5 Å². The van der Waals surface area contributed by atoms with Gasteiger partial charge in [-0.3, -0.25) is 4.79 Å². The lowest BCUT2D eigenvalue weighted by atomic mass is 10.4. The number of anilines is 1. The lowest BCUT2D eigenvalue weighted by molar-refractivity contribution is -0.115. The van der Waals surface area contributed by atoms with Gasteiger partial charge in [0.2, 0.25) is 5.91 Å². The highest BCUT2D eigenvalue weighted by Gasteiger charge is 2.01. The van der Waals surface area contributed by atoms with Gasteiger partial charge < -0.3 is 5.32 Å². The van der Waals surface area contributed by atoms with Gasteiger partial charge in [-0.05, 0) is 12.1 Å². The summed E-state index contributed by atoms with van der Waals surface area (Å²) in [5, 5.41) is 19.3. The van der Waals surface area contributed by atoms with Crippen molar-refractivity contribution in [2.75, 3.05) is 11.1 Å². The van der Waals surface area contributed by atoms with Crippen molar-refractivity contribution in [1.82, 2.24) is 10.2 Å². The Labute approximate surface area is 91.9 Å². The van der Waals surface area contributed by atoms with Crippen LogP contribution in [-0.4, -0.2) is 21.9 Å². The first-order valence-electron chi connectivity index (χ1n) is 4.39. The summed E-state index contributed by atoms with van der Waals surface area (Å²) in [4.78, 5) is 11.0. The first kappa shape index (κ1) is 11.5. The molecule has 1 aromatic heterocycles. The molecule has 0 saturated heterocycles. The van der Waals surface area contributed by atoms with E-state index in [1.807, 2.05) is 6.07 Å². The lowest BCUT2D eigenvalue weighted by Crippen LogP contribution is -2.11. The molecule has 0 aliphatic rings. The molecule has 0 radical (unpaired) electrons. The molecular weight excluding hydrogens is 212 g/mol. The molecule has 6 heteroatoms. The maximum atomic E-state index is 11.0. The van der Waals surface area contributed by atoms with Crippen LogP contribution < -0.4 is 5.32 Å². The number of rotatable bonds is 4. The van der Waals surface area contributed by atoms with Crippen LogP contribution in [-0.2, 0) is 4.79 Å². The monoisotopic (exact) mass is 222 g/mol. The van der Waals surface area contributed by atoms with Gasteiger partial charge in [-0.2, -0.15) is 5.26 Å². The highest BCUT2D eigenvalue weighted by molar-refractivity contribution is 7.99. The molecule has 0 aliphatic heterocycles. The summed E-state index contributed by atoms with van der Waals surface area (Å²) >= 11 is 1.31. The van der Waals surface area contributed by atoms with Gasteiger partial charge in [-0.25, -0.2) is 0 Å². The molecule has 78 valence electrons. The second kappa shape index (κ2) is 5.98. The zero-order valence-corrected chi connectivity index (χ0v) is 9.04. The summed E-state index contributed by atoms with van der Waals surface area (Å²) in [5.74, 6) is 0.680. The molecule has 0 fully saturated rings. The predicted octanol–water partition coefficient (Wildman–Crippen LogP) is 1.44. The molecule has 0 saturated carbocycles. The first-order chi connectivity index (χ1) is 7.26. The highest BCUT2D eigenvalue weighted by Crippen LogP contribution is 2.14. The van der Waals surface area contributed by atoms with Gasteiger partial charge >= 0.3 is 0 Å². The molecule has 0 bridgehead atoms. The van der Waals surface area contributed by atoms with Crippen molar-refractivity contribution in [2.24, 2.45) is 0 Å². The number of aromatic nitrogens is 2. The summed E-state index contributed by atoms with van der Waals surface area (Å²) in [6.45, 7) is 1.76. The van der Waals surface area contributed by atoms with Gasteiger partial charge in [0.05, 0.1) is 11.8 Å². The minimum Gasteiger partial charge on any atom is -0.309 e. The summed E-state index contributed by atoms with van der Waals surface area (Å²) in [7, 11) is 0. The van der Waals surface area contributed by atoms with E-state index in [4.69, 9.17) is 5.26 Å². The fraction of sp³-hybridized carbons (Fsp3) is 0.333. The molecule has 1 N–H and O–H groups in total. The Balaban J connectivity index is 2.57. The molecule has 1 heterocycles. The number of nitriles is 1. The van der Waals surface area contributed by atoms with Crippen molar-refractivity contribution in [1.29, 1.82) is 5.26 Å². The smallest absolute Gasteiger partial charge is 0.225 e. The second-order valence-electron chi connectivity index (χ2n) is 2.61. The van der Waals surface area contributed by atoms with Crippen molar-refractivity contribution in [3.8, 4) is 6.07 Å². The van der Waals surface area contributed by atoms with E-state index in [1.54, 1.807) is 19.1 Å². The average molecular weight is 222 g/mol. The summed E-state index contributed by atoms with van der Waals surface area (Å²) < 4.78 is 0. The number of thioether (sulfide) groups is 1. The average Bonchev–Trinajstić information content (AvgIpc) is 2.28. The molecule has 0 aliphatic carbocycles. The Morgan fingerprint density at radius 3 is 2.93 bits per heavy atom. The summed E-state index contributed by atoms with van der Waals surface area (Å²) in [6, 6.07) is 5.39. The van der Waals surface area contributed by atoms with Gasteiger partial charge in [-0.1, -0.05) is 18.7 Å². The van der Waals surface area contributed by atoms with Gasteiger partial charge in [0.15, 0.2) is 5.82 Å². The number of amides is 1. The van der Waals surface area contributed by atoms with Crippen LogP contribution in [0.15, 0.2) is 17.2 Å². The van der Waals surface area contributed by atoms with Crippen LogP contribution in [0.5, 0.6) is 0 Å². The number of hydrogen-bond acceptors (Lipinski definition) is 5. The zero-order chi connectivity index (χ0) is 11.1. The zero-order valence-electron chi connectivity index (χ0n) is 8.23. The Morgan fingerprint density at radius 1 is 1.60 bits per heavy atom. The standard InChI is InChI=1S/C9H10N4OS/c1-2-8(14)11-7-3-4-9(13-12-7)15-6-5-10/h3-4H,2,6H2,1H3,(H,11,12,14). The second-order valence-corrected chi connectivity index (χ2v) is 3.60. The van der Waals surface area contributed by atoms with Crippen molar-refractivity contribution in [3.63, 3.8) is 0 Å². The summed E-state index contributed by atoms with van der Waals surface area (Å²) in [5.41, 5.74) is 0. The Hall–Kier alpha value is -1.61. The van der Waals surface area contributed by atoms with Gasteiger partial charge in [0, 0.05) is 6.42 Å². The van der Waals surface area contributed by atoms with Crippen LogP contribution in [0.1, 0.15) is 13.3 Å². The van der Waals surface area contributed by atoms with Crippen LogP contribution in [0, 0.1) is 11.3 Å². The van der Waals surface area contributed by atoms with Crippen LogP contribution in [0.25, 0.3) is 0 Å². The van der Waals surface area contributed by atoms with E-state index in [0.717, 1.165) is 0 Å². The maximum absolute atomic E-state index is 11.0. The third-order valence-corrected chi connectivity index (χ3v) is 2.30. The van der Waals surface area contributed by atoms with Gasteiger partial charge in [-0.15, -0.1) is 10.2 Å². The molecule has 1 aromatic rings. The molecule has 5 nitrogen and oxygen atoms in total. The van der Waals surface area contributed by atoms with E-state index in [-0.39, 0.29) is 5.91 Å². The third kappa shape index (κ3) is 3.95. The minimum absolute atomic E-state index is 0.0956. The molecule has 0 aromatic carbocycles. The summed E-state index contributed by atoms with van der Waals surface area (Å²) in [6.07, 6.45) is 0.409. The quantitative estimate of drug-likeness (QED) is 0.780. The number of nitrogens with zero attached hydrogens (tertiary/aromatic N) is 3. The molecule has 0 spiro atoms. The Kier molecular flexibility index (Phi) is 4.57. The van der Waals surface area contributed by atoms with E-state index < -0.39 is 0 Å². The first-order valence-corrected chi connectivity index (χ1v) is 5.38. The SMILES string of the molecule is CCC(=O)Nc1ccc(SCC#N)nn1. The third-order valence-electron chi connectivity index (χ3n) is 1.51. The predicted molar refractivity (Wildman–Crippen MR) is 57.3 cm³/mol. The van der Waals surface area contributed by atoms with E-state index in [1.165, 1.54) is 11.8 Å². The Bertz CT molecular complexity index is 371. The van der Waals surface area contributed by atoms with Crippen molar-refractivity contribution in [2.45, 2.75) is 18.4 Å². The van der Waals surface area contributed by atoms with Crippen LogP contribution >= 0.6 is 11.8 Å². The fourth-order valence-corrected chi connectivity index (χ4v) is 1.28. The molecule has 1 rings (SSSR count). The molecule has 1 amide bonds. The van der Waals surface area contributed by atoms with Gasteiger partial charge in [0.25, 0.3) is 0 Å². The van der Waals surface area contributed by atoms with Crippen LogP contribution in [0.3, 0.4) is 0 Å². The minimum atomic E-state index is -0.0956. The van der Waals surface area contributed by atoms with Gasteiger partial charge in [0.1, 0.15) is 5.03 Å². The number of carbonyl (C=O) groups is 1. The number of hydrogen-bond donors (Lipinski definition) is 1. The van der Waals surface area contributed by atoms with Crippen molar-refractivity contribution in [3.05, 3.63) is 12.1 Å². The largest absolute Gasteiger partial charge is 0.309 e. The maximum Gasteiger partial charge on any atom is 0.225 e. The van der Waals surface area contributed by atoms with E-state index in [9.17, 15) is 4.79 Å². The van der Waals surface area contributed by atoms with E-state index >= 15 is 0 Å². The molecular formula is C9H10N4OS. The van der Waals surface area contributed by atoms with Crippen molar-refractivity contribution >= 4 is 23.5 Å². The lowest BCUT2D eigenvalue weighted by Gasteiger charge is -2.01. The molecule has 0 unspecified atom stereocenters. The van der Waals surface area contributed by atoms with E-state index in [0.29, 0.717) is 23.0 Å². The number of nitrogens with one attached hydrogen (secondary N) is 1. The topological polar surface area (TPSA) is 78.7 Å². The molecule has 15 heavy (non-hydrogen) atoms. The normalized spacial score (nSPS) is 9.33. The highest BCUT2D eigenvalue weighted by atomic mass is 32.2. The molecule has 0 atom stereocenters. The van der Waals surface area contributed by atoms with Crippen LogP contribution in [0.4, 0.5) is 5.82 Å². The Morgan fingerprint density at radius 2 is 2.40 bits per heavy atom. The van der Waals surface area contributed by atoms with Crippen molar-refractivity contribution < 1.29 is 4.79 Å². The van der Waals surface area contributed by atoms with Crippen LogP contribution in [0.2, 0.25) is 0 Å². The number of carbonyl (C=O) groups excluding carboxylic acids is 1. The fourth-order valence-electron chi connectivity index (χ4n) is 0.801.